The van der Waals surface area contributed by atoms with Crippen LogP contribution in [0.2, 0.25) is 0 Å². The highest BCUT2D eigenvalue weighted by molar-refractivity contribution is 5.23. The molecule has 0 bridgehead atoms. The summed E-state index contributed by atoms with van der Waals surface area (Å²) in [5.74, 6) is 0. The number of allylic oxidation sites excluding steroid dienone is 6. The molecule has 0 aromatic carbocycles. The molecule has 76 heavy (non-hydrogen) atoms. The standard InChI is InChI=1S/C71H131N5/c72-58-44-36-28-20-12-5-1-3-7-14-22-30-38-46-60-74-63-49-55-69(66-74)52-41-33-25-17-9-10-18-26-34-42-53-70-56-50-65-76(67-70)62-48-40-32-24-16-11-19-27-35-43-54-71-57-51-64-75(68-71)61-47-39-31-23-15-8-4-2-6-13-21-29-37-45-59-73/h49-51,55-57,66-68H,1-48,52-54,58-65,72-73H2. The molecule has 3 rings (SSSR count). The Bertz CT molecular complexity index is 1440. The Kier molecular flexibility index (Phi) is 47.8. The summed E-state index contributed by atoms with van der Waals surface area (Å²) < 4.78 is 0. The number of rotatable bonds is 58. The van der Waals surface area contributed by atoms with E-state index < -0.39 is 0 Å². The Morgan fingerprint density at radius 3 is 0.592 bits per heavy atom. The van der Waals surface area contributed by atoms with Crippen molar-refractivity contribution >= 4 is 0 Å². The van der Waals surface area contributed by atoms with E-state index in [-0.39, 0.29) is 0 Å². The van der Waals surface area contributed by atoms with Crippen molar-refractivity contribution in [3.63, 3.8) is 0 Å². The molecule has 0 aromatic heterocycles. The molecular weight excluding hydrogens is 923 g/mol. The van der Waals surface area contributed by atoms with Crippen LogP contribution in [0.25, 0.3) is 0 Å². The Labute approximate surface area is 475 Å². The molecule has 4 N–H and O–H groups in total. The van der Waals surface area contributed by atoms with E-state index in [2.05, 4.69) is 69.8 Å². The van der Waals surface area contributed by atoms with Crippen LogP contribution in [0.3, 0.4) is 0 Å². The van der Waals surface area contributed by atoms with Gasteiger partial charge >= 0.3 is 0 Å². The molecule has 440 valence electrons. The van der Waals surface area contributed by atoms with Gasteiger partial charge in [0.15, 0.2) is 0 Å². The topological polar surface area (TPSA) is 61.8 Å². The monoisotopic (exact) mass is 1050 g/mol. The zero-order valence-electron chi connectivity index (χ0n) is 50.9. The van der Waals surface area contributed by atoms with Crippen LogP contribution in [0.4, 0.5) is 0 Å². The van der Waals surface area contributed by atoms with Gasteiger partial charge in [0, 0.05) is 57.9 Å². The second-order valence-electron chi connectivity index (χ2n) is 24.6. The zero-order chi connectivity index (χ0) is 53.5. The summed E-state index contributed by atoms with van der Waals surface area (Å²) in [6.07, 6.45) is 93.1. The lowest BCUT2D eigenvalue weighted by Crippen LogP contribution is -2.21. The largest absolute Gasteiger partial charge is 0.373 e. The minimum Gasteiger partial charge on any atom is -0.373 e. The van der Waals surface area contributed by atoms with Crippen LogP contribution in [0.5, 0.6) is 0 Å². The number of hydrogen-bond donors (Lipinski definition) is 2. The molecule has 0 spiro atoms. The summed E-state index contributed by atoms with van der Waals surface area (Å²) in [6.45, 7) is 8.78. The van der Waals surface area contributed by atoms with E-state index in [0.29, 0.717) is 0 Å². The van der Waals surface area contributed by atoms with E-state index in [9.17, 15) is 0 Å². The van der Waals surface area contributed by atoms with E-state index in [4.69, 9.17) is 11.5 Å². The van der Waals surface area contributed by atoms with Crippen molar-refractivity contribution in [1.82, 2.24) is 14.7 Å². The summed E-state index contributed by atoms with van der Waals surface area (Å²) >= 11 is 0. The summed E-state index contributed by atoms with van der Waals surface area (Å²) in [7, 11) is 0. The molecule has 0 amide bonds. The summed E-state index contributed by atoms with van der Waals surface area (Å²) in [4.78, 5) is 7.74. The Balaban J connectivity index is 1.01. The Morgan fingerprint density at radius 2 is 0.395 bits per heavy atom. The van der Waals surface area contributed by atoms with Crippen LogP contribution in [0, 0.1) is 0 Å². The Morgan fingerprint density at radius 1 is 0.224 bits per heavy atom. The van der Waals surface area contributed by atoms with Crippen LogP contribution in [-0.2, 0) is 0 Å². The quantitative estimate of drug-likeness (QED) is 0.0595. The molecule has 3 heterocycles. The van der Waals surface area contributed by atoms with Gasteiger partial charge in [0.1, 0.15) is 0 Å². The fourth-order valence-corrected chi connectivity index (χ4v) is 12.2. The first-order valence-corrected chi connectivity index (χ1v) is 34.5. The average molecular weight is 1050 g/mol. The minimum absolute atomic E-state index is 0.865. The van der Waals surface area contributed by atoms with Crippen molar-refractivity contribution in [3.05, 3.63) is 71.8 Å². The molecule has 5 nitrogen and oxygen atoms in total. The van der Waals surface area contributed by atoms with Crippen LogP contribution in [-0.4, -0.2) is 67.1 Å². The van der Waals surface area contributed by atoms with Crippen molar-refractivity contribution in [2.75, 3.05) is 52.4 Å². The van der Waals surface area contributed by atoms with Crippen molar-refractivity contribution < 1.29 is 0 Å². The van der Waals surface area contributed by atoms with Crippen LogP contribution in [0.1, 0.15) is 327 Å². The predicted molar refractivity (Wildman–Crippen MR) is 340 cm³/mol. The van der Waals surface area contributed by atoms with E-state index in [1.165, 1.54) is 347 Å². The van der Waals surface area contributed by atoms with E-state index in [1.807, 2.05) is 0 Å². The third-order valence-electron chi connectivity index (χ3n) is 17.2. The SMILES string of the molecule is NCCCCCCCCCCCCCCCCN1C=C(CCCCCCCCCCCCC2=CN(CCCCCCCCCCCCC3=CN(CCCCCCCCCCCCCCCCN)CC=C3)CC=C2)C=CC1. The van der Waals surface area contributed by atoms with Crippen LogP contribution >= 0.6 is 0 Å². The number of unbranched alkanes of at least 4 members (excludes halogenated alkanes) is 44. The lowest BCUT2D eigenvalue weighted by molar-refractivity contribution is 0.387. The van der Waals surface area contributed by atoms with Crippen molar-refractivity contribution in [1.29, 1.82) is 0 Å². The predicted octanol–water partition coefficient (Wildman–Crippen LogP) is 21.1. The Hall–Kier alpha value is -2.24. The normalized spacial score (nSPS) is 14.6. The van der Waals surface area contributed by atoms with Crippen LogP contribution in [0.15, 0.2) is 71.8 Å². The molecule has 0 atom stereocenters. The fraction of sp³-hybridized carbons (Fsp3) is 0.831. The minimum atomic E-state index is 0.865. The summed E-state index contributed by atoms with van der Waals surface area (Å²) in [6, 6.07) is 0. The molecule has 0 aromatic rings. The fourth-order valence-electron chi connectivity index (χ4n) is 12.2. The lowest BCUT2D eigenvalue weighted by Gasteiger charge is -2.23. The molecule has 0 fully saturated rings. The summed E-state index contributed by atoms with van der Waals surface area (Å²) in [5, 5.41) is 0. The highest BCUT2D eigenvalue weighted by Gasteiger charge is 2.09. The molecule has 3 aliphatic rings. The van der Waals surface area contributed by atoms with E-state index in [0.717, 1.165) is 32.7 Å². The van der Waals surface area contributed by atoms with Gasteiger partial charge in [-0.05, 0) is 100 Å². The first kappa shape index (κ1) is 68.0. The summed E-state index contributed by atoms with van der Waals surface area (Å²) in [5.41, 5.74) is 15.9. The second-order valence-corrected chi connectivity index (χ2v) is 24.6. The zero-order valence-corrected chi connectivity index (χ0v) is 50.9. The number of hydrogen-bond acceptors (Lipinski definition) is 5. The van der Waals surface area contributed by atoms with Crippen LogP contribution < -0.4 is 11.5 Å². The van der Waals surface area contributed by atoms with Gasteiger partial charge in [-0.2, -0.15) is 0 Å². The van der Waals surface area contributed by atoms with Gasteiger partial charge in [0.25, 0.3) is 0 Å². The molecule has 3 aliphatic heterocycles. The van der Waals surface area contributed by atoms with Gasteiger partial charge in [-0.1, -0.05) is 293 Å². The average Bonchev–Trinajstić information content (AvgIpc) is 3.44. The molecule has 0 unspecified atom stereocenters. The lowest BCUT2D eigenvalue weighted by atomic mass is 10.0. The maximum Gasteiger partial charge on any atom is 0.0357 e. The van der Waals surface area contributed by atoms with Gasteiger partial charge in [0.2, 0.25) is 0 Å². The molecule has 0 aliphatic carbocycles. The molecular formula is C71H131N5. The maximum atomic E-state index is 5.59. The highest BCUT2D eigenvalue weighted by atomic mass is 15.1. The number of nitrogens with zero attached hydrogens (tertiary/aromatic N) is 3. The van der Waals surface area contributed by atoms with Gasteiger partial charge in [-0.15, -0.1) is 0 Å². The van der Waals surface area contributed by atoms with Crippen molar-refractivity contribution in [2.45, 2.75) is 327 Å². The van der Waals surface area contributed by atoms with Crippen molar-refractivity contribution in [2.24, 2.45) is 11.5 Å². The van der Waals surface area contributed by atoms with E-state index in [1.54, 1.807) is 16.7 Å². The smallest absolute Gasteiger partial charge is 0.0357 e. The molecule has 0 saturated heterocycles. The van der Waals surface area contributed by atoms with Gasteiger partial charge in [-0.25, -0.2) is 0 Å². The molecule has 5 heteroatoms. The third kappa shape index (κ3) is 42.7. The third-order valence-corrected chi connectivity index (χ3v) is 17.2. The first-order valence-electron chi connectivity index (χ1n) is 34.5. The van der Waals surface area contributed by atoms with Gasteiger partial charge in [0.05, 0.1) is 0 Å². The van der Waals surface area contributed by atoms with Crippen molar-refractivity contribution in [3.8, 4) is 0 Å². The van der Waals surface area contributed by atoms with E-state index >= 15 is 0 Å². The second kappa shape index (κ2) is 53.4. The van der Waals surface area contributed by atoms with Gasteiger partial charge < -0.3 is 26.2 Å². The first-order chi connectivity index (χ1) is 37.8. The van der Waals surface area contributed by atoms with Gasteiger partial charge in [-0.3, -0.25) is 0 Å². The highest BCUT2D eigenvalue weighted by Crippen LogP contribution is 2.23. The molecule has 0 saturated carbocycles. The molecule has 0 radical (unpaired) electrons. The maximum absolute atomic E-state index is 5.59. The number of nitrogens with two attached hydrogens (primary N) is 2.